The Bertz CT molecular complexity index is 1310. The summed E-state index contributed by atoms with van der Waals surface area (Å²) < 4.78 is 0. The molecule has 1 saturated carbocycles. The van der Waals surface area contributed by atoms with Gasteiger partial charge in [-0.05, 0) is 74.6 Å². The van der Waals surface area contributed by atoms with Crippen molar-refractivity contribution in [2.45, 2.75) is 77.3 Å². The van der Waals surface area contributed by atoms with Gasteiger partial charge in [0, 0.05) is 35.8 Å². The third kappa shape index (κ3) is 7.92. The van der Waals surface area contributed by atoms with Crippen molar-refractivity contribution in [1.29, 1.82) is 0 Å². The second-order valence-electron chi connectivity index (χ2n) is 10.5. The molecule has 2 N–H and O–H groups in total. The van der Waals surface area contributed by atoms with Crippen molar-refractivity contribution >= 4 is 40.8 Å². The summed E-state index contributed by atoms with van der Waals surface area (Å²) in [4.78, 5) is 46.2. The summed E-state index contributed by atoms with van der Waals surface area (Å²) in [5, 5.41) is 6.54. The monoisotopic (exact) mass is 560 g/mol. The van der Waals surface area contributed by atoms with Crippen molar-refractivity contribution in [3.05, 3.63) is 88.6 Å². The zero-order valence-electron chi connectivity index (χ0n) is 23.2. The van der Waals surface area contributed by atoms with E-state index in [1.807, 2.05) is 32.0 Å². The average Bonchev–Trinajstić information content (AvgIpc) is 2.94. The predicted molar refractivity (Wildman–Crippen MR) is 159 cm³/mol. The van der Waals surface area contributed by atoms with Gasteiger partial charge < -0.3 is 10.6 Å². The van der Waals surface area contributed by atoms with Gasteiger partial charge in [0.05, 0.1) is 0 Å². The zero-order valence-corrected chi connectivity index (χ0v) is 23.9. The van der Waals surface area contributed by atoms with E-state index in [1.165, 1.54) is 6.42 Å². The van der Waals surface area contributed by atoms with E-state index < -0.39 is 6.04 Å². The van der Waals surface area contributed by atoms with Crippen molar-refractivity contribution in [1.82, 2.24) is 10.3 Å². The average molecular weight is 561 g/mol. The Morgan fingerprint density at radius 2 is 1.73 bits per heavy atom. The fraction of sp³-hybridized carbons (Fsp3) is 0.375. The van der Waals surface area contributed by atoms with Crippen LogP contribution in [0.2, 0.25) is 5.02 Å². The number of carbonyl (C=O) groups excluding carboxylic acids is 3. The molecule has 1 aliphatic rings. The Labute approximate surface area is 241 Å². The van der Waals surface area contributed by atoms with Crippen LogP contribution in [-0.4, -0.2) is 28.7 Å². The topological polar surface area (TPSA) is 91.4 Å². The molecular weight excluding hydrogens is 524 g/mol. The van der Waals surface area contributed by atoms with Crippen LogP contribution in [-0.2, 0) is 14.4 Å². The molecule has 4 rings (SSSR count). The largest absolute Gasteiger partial charge is 0.351 e. The molecule has 1 unspecified atom stereocenters. The maximum absolute atomic E-state index is 14.0. The SMILES string of the molecule is Cc1ccc(N(C(=O)CCCC(=O)Nc2ccccn2)C(C(=O)NC2CCCCC2)c2ccc(Cl)cc2)c(C)c1. The molecule has 1 heterocycles. The van der Waals surface area contributed by atoms with E-state index in [0.717, 1.165) is 36.8 Å². The standard InChI is InChI=1S/C32H37ClN4O3/c1-22-14-19-27(23(2)21-22)37(30(39)13-8-12-29(38)36-28-11-6-7-20-34-28)31(24-15-17-25(33)18-16-24)32(40)35-26-9-4-3-5-10-26/h6-7,11,14-21,26,31H,3-5,8-10,12-13H2,1-2H3,(H,35,40)(H,34,36,38). The lowest BCUT2D eigenvalue weighted by Crippen LogP contribution is -2.47. The maximum Gasteiger partial charge on any atom is 0.248 e. The molecule has 1 aromatic heterocycles. The predicted octanol–water partition coefficient (Wildman–Crippen LogP) is 6.68. The highest BCUT2D eigenvalue weighted by Gasteiger charge is 2.34. The molecule has 8 heteroatoms. The molecule has 0 aliphatic heterocycles. The third-order valence-corrected chi connectivity index (χ3v) is 7.50. The van der Waals surface area contributed by atoms with Crippen LogP contribution in [0.15, 0.2) is 66.9 Å². The highest BCUT2D eigenvalue weighted by molar-refractivity contribution is 6.30. The Morgan fingerprint density at radius 3 is 2.40 bits per heavy atom. The molecule has 2 aromatic carbocycles. The van der Waals surface area contributed by atoms with E-state index in [-0.39, 0.29) is 36.6 Å². The van der Waals surface area contributed by atoms with Crippen LogP contribution in [0.4, 0.5) is 11.5 Å². The molecule has 210 valence electrons. The highest BCUT2D eigenvalue weighted by Crippen LogP contribution is 2.33. The number of nitrogens with one attached hydrogen (secondary N) is 2. The number of anilines is 2. The number of benzene rings is 2. The van der Waals surface area contributed by atoms with Gasteiger partial charge in [-0.25, -0.2) is 4.98 Å². The van der Waals surface area contributed by atoms with E-state index in [4.69, 9.17) is 11.6 Å². The summed E-state index contributed by atoms with van der Waals surface area (Å²) in [6, 6.07) is 17.4. The van der Waals surface area contributed by atoms with Crippen LogP contribution in [0.25, 0.3) is 0 Å². The van der Waals surface area contributed by atoms with Gasteiger partial charge in [0.15, 0.2) is 0 Å². The number of nitrogens with zero attached hydrogens (tertiary/aromatic N) is 2. The Hall–Kier alpha value is -3.71. The first-order chi connectivity index (χ1) is 19.3. The Balaban J connectivity index is 1.60. The van der Waals surface area contributed by atoms with Gasteiger partial charge in [0.2, 0.25) is 17.7 Å². The quantitative estimate of drug-likeness (QED) is 0.289. The minimum absolute atomic E-state index is 0.0856. The summed E-state index contributed by atoms with van der Waals surface area (Å²) in [5.74, 6) is -0.182. The summed E-state index contributed by atoms with van der Waals surface area (Å²) in [5.41, 5.74) is 3.31. The normalized spacial score (nSPS) is 14.3. The Kier molecular flexibility index (Phi) is 10.3. The second kappa shape index (κ2) is 14.1. The van der Waals surface area contributed by atoms with E-state index in [0.29, 0.717) is 28.5 Å². The molecule has 3 amide bonds. The van der Waals surface area contributed by atoms with Gasteiger partial charge in [-0.3, -0.25) is 19.3 Å². The minimum Gasteiger partial charge on any atom is -0.351 e. The minimum atomic E-state index is -0.879. The summed E-state index contributed by atoms with van der Waals surface area (Å²) >= 11 is 6.19. The van der Waals surface area contributed by atoms with Gasteiger partial charge in [-0.2, -0.15) is 0 Å². The summed E-state index contributed by atoms with van der Waals surface area (Å²) in [6.45, 7) is 3.94. The molecule has 0 bridgehead atoms. The third-order valence-electron chi connectivity index (χ3n) is 7.25. The molecule has 7 nitrogen and oxygen atoms in total. The van der Waals surface area contributed by atoms with E-state index in [9.17, 15) is 14.4 Å². The molecule has 0 spiro atoms. The number of rotatable bonds is 10. The van der Waals surface area contributed by atoms with Gasteiger partial charge in [-0.1, -0.05) is 66.8 Å². The smallest absolute Gasteiger partial charge is 0.248 e. The second-order valence-corrected chi connectivity index (χ2v) is 10.9. The van der Waals surface area contributed by atoms with Crippen molar-refractivity contribution in [3.8, 4) is 0 Å². The molecule has 0 radical (unpaired) electrons. The van der Waals surface area contributed by atoms with Crippen LogP contribution in [0.3, 0.4) is 0 Å². The van der Waals surface area contributed by atoms with Gasteiger partial charge in [0.25, 0.3) is 0 Å². The van der Waals surface area contributed by atoms with Crippen molar-refractivity contribution in [3.63, 3.8) is 0 Å². The van der Waals surface area contributed by atoms with Crippen LogP contribution < -0.4 is 15.5 Å². The number of aromatic nitrogens is 1. The number of carbonyl (C=O) groups is 3. The van der Waals surface area contributed by atoms with Gasteiger partial charge >= 0.3 is 0 Å². The summed E-state index contributed by atoms with van der Waals surface area (Å²) in [7, 11) is 0. The molecule has 1 atom stereocenters. The first-order valence-electron chi connectivity index (χ1n) is 14.0. The molecule has 1 aliphatic carbocycles. The summed E-state index contributed by atoms with van der Waals surface area (Å²) in [6.07, 6.45) is 7.39. The molecule has 1 fully saturated rings. The number of hydrogen-bond acceptors (Lipinski definition) is 4. The first kappa shape index (κ1) is 29.3. The maximum atomic E-state index is 14.0. The molecular formula is C32H37ClN4O3. The van der Waals surface area contributed by atoms with Gasteiger partial charge in [0.1, 0.15) is 11.9 Å². The number of halogens is 1. The highest BCUT2D eigenvalue weighted by atomic mass is 35.5. The first-order valence-corrected chi connectivity index (χ1v) is 14.4. The fourth-order valence-electron chi connectivity index (χ4n) is 5.25. The lowest BCUT2D eigenvalue weighted by atomic mass is 9.94. The van der Waals surface area contributed by atoms with E-state index >= 15 is 0 Å². The van der Waals surface area contributed by atoms with E-state index in [1.54, 1.807) is 53.6 Å². The molecule has 40 heavy (non-hydrogen) atoms. The zero-order chi connectivity index (χ0) is 28.5. The molecule has 0 saturated heterocycles. The van der Waals surface area contributed by atoms with Gasteiger partial charge in [-0.15, -0.1) is 0 Å². The lowest BCUT2D eigenvalue weighted by molar-refractivity contribution is -0.127. The number of pyridine rings is 1. The van der Waals surface area contributed by atoms with Crippen molar-refractivity contribution in [2.75, 3.05) is 10.2 Å². The van der Waals surface area contributed by atoms with Crippen molar-refractivity contribution in [2.24, 2.45) is 0 Å². The van der Waals surface area contributed by atoms with Crippen LogP contribution in [0.1, 0.15) is 74.1 Å². The lowest BCUT2D eigenvalue weighted by Gasteiger charge is -2.34. The number of hydrogen-bond donors (Lipinski definition) is 2. The van der Waals surface area contributed by atoms with E-state index in [2.05, 4.69) is 15.6 Å². The molecule has 3 aromatic rings. The fourth-order valence-corrected chi connectivity index (χ4v) is 5.37. The van der Waals surface area contributed by atoms with Crippen LogP contribution in [0, 0.1) is 13.8 Å². The number of amides is 3. The van der Waals surface area contributed by atoms with Crippen molar-refractivity contribution < 1.29 is 14.4 Å². The Morgan fingerprint density at radius 1 is 0.975 bits per heavy atom. The van der Waals surface area contributed by atoms with Crippen LogP contribution >= 0.6 is 11.6 Å². The number of aryl methyl sites for hydroxylation is 2. The van der Waals surface area contributed by atoms with Crippen LogP contribution in [0.5, 0.6) is 0 Å².